The maximum atomic E-state index is 12.9. The first-order valence-corrected chi connectivity index (χ1v) is 11.8. The lowest BCUT2D eigenvalue weighted by Gasteiger charge is -2.58. The number of carbonyl (C=O) groups is 2. The molecule has 0 radical (unpaired) electrons. The van der Waals surface area contributed by atoms with Crippen LogP contribution in [0.4, 0.5) is 5.13 Å². The van der Waals surface area contributed by atoms with Gasteiger partial charge in [-0.05, 0) is 44.7 Å². The molecule has 1 heterocycles. The summed E-state index contributed by atoms with van der Waals surface area (Å²) in [7, 11) is 3.93. The number of aliphatic hydroxyl groups excluding tert-OH is 2. The van der Waals surface area contributed by atoms with Gasteiger partial charge >= 0.3 is 0 Å². The van der Waals surface area contributed by atoms with Crippen molar-refractivity contribution in [3.8, 4) is 0 Å². The van der Waals surface area contributed by atoms with Crippen molar-refractivity contribution >= 4 is 28.3 Å². The minimum atomic E-state index is -0.650. The van der Waals surface area contributed by atoms with E-state index in [-0.39, 0.29) is 35.7 Å². The summed E-state index contributed by atoms with van der Waals surface area (Å²) in [5, 5.41) is 27.4. The van der Waals surface area contributed by atoms with E-state index in [0.29, 0.717) is 30.9 Å². The predicted molar refractivity (Wildman–Crippen MR) is 121 cm³/mol. The Morgan fingerprint density at radius 2 is 2.03 bits per heavy atom. The molecule has 0 aromatic carbocycles. The number of aromatic nitrogens is 1. The van der Waals surface area contributed by atoms with Gasteiger partial charge in [0.1, 0.15) is 0 Å². The molecule has 174 valence electrons. The van der Waals surface area contributed by atoms with Gasteiger partial charge in [-0.2, -0.15) is 0 Å². The van der Waals surface area contributed by atoms with Crippen LogP contribution in [-0.4, -0.2) is 71.8 Å². The maximum Gasteiger partial charge on any atom is 0.223 e. The van der Waals surface area contributed by atoms with Gasteiger partial charge in [0.2, 0.25) is 11.8 Å². The lowest BCUT2D eigenvalue weighted by Crippen LogP contribution is -2.57. The van der Waals surface area contributed by atoms with Crippen LogP contribution in [0.2, 0.25) is 0 Å². The first-order valence-electron chi connectivity index (χ1n) is 11.0. The highest BCUT2D eigenvalue weighted by Gasteiger charge is 2.59. The molecule has 9 heteroatoms. The van der Waals surface area contributed by atoms with Gasteiger partial charge in [0.15, 0.2) is 5.13 Å². The van der Waals surface area contributed by atoms with Crippen molar-refractivity contribution < 1.29 is 19.8 Å². The predicted octanol–water partition coefficient (Wildman–Crippen LogP) is 1.58. The summed E-state index contributed by atoms with van der Waals surface area (Å²) < 4.78 is 0. The Morgan fingerprint density at radius 3 is 2.65 bits per heavy atom. The molecule has 1 aromatic rings. The quantitative estimate of drug-likeness (QED) is 0.499. The van der Waals surface area contributed by atoms with Crippen molar-refractivity contribution in [1.82, 2.24) is 15.2 Å². The van der Waals surface area contributed by atoms with Gasteiger partial charge in [-0.1, -0.05) is 13.8 Å². The summed E-state index contributed by atoms with van der Waals surface area (Å²) >= 11 is 1.44. The second-order valence-corrected chi connectivity index (χ2v) is 11.0. The highest BCUT2D eigenvalue weighted by Crippen LogP contribution is 2.62. The zero-order chi connectivity index (χ0) is 23.0. The highest BCUT2D eigenvalue weighted by atomic mass is 32.1. The number of hydrogen-bond acceptors (Lipinski definition) is 7. The number of anilines is 1. The second kappa shape index (κ2) is 9.13. The number of nitrogens with one attached hydrogen (secondary N) is 2. The molecular formula is C22H36N4O4S. The number of nitrogens with zero attached hydrogens (tertiary/aromatic N) is 2. The molecule has 0 aliphatic heterocycles. The molecule has 2 amide bonds. The lowest BCUT2D eigenvalue weighted by atomic mass is 9.47. The van der Waals surface area contributed by atoms with Gasteiger partial charge in [0.05, 0.1) is 18.4 Å². The molecule has 5 atom stereocenters. The number of aliphatic hydroxyl groups is 2. The fourth-order valence-electron chi connectivity index (χ4n) is 5.53. The van der Waals surface area contributed by atoms with Gasteiger partial charge < -0.3 is 25.7 Å². The van der Waals surface area contributed by atoms with E-state index in [1.54, 1.807) is 0 Å². The highest BCUT2D eigenvalue weighted by molar-refractivity contribution is 7.15. The summed E-state index contributed by atoms with van der Waals surface area (Å²) in [4.78, 5) is 32.3. The summed E-state index contributed by atoms with van der Waals surface area (Å²) in [5.41, 5.74) is -0.0564. The molecule has 1 saturated carbocycles. The van der Waals surface area contributed by atoms with E-state index in [9.17, 15) is 19.8 Å². The van der Waals surface area contributed by atoms with Crippen molar-refractivity contribution in [2.75, 3.05) is 39.1 Å². The van der Waals surface area contributed by atoms with Gasteiger partial charge in [0, 0.05) is 42.6 Å². The Bertz CT molecular complexity index is 828. The van der Waals surface area contributed by atoms with Gasteiger partial charge in [0.25, 0.3) is 0 Å². The van der Waals surface area contributed by atoms with Gasteiger partial charge in [-0.25, -0.2) is 4.98 Å². The zero-order valence-corrected chi connectivity index (χ0v) is 20.0. The van der Waals surface area contributed by atoms with Crippen LogP contribution in [-0.2, 0) is 16.0 Å². The molecule has 0 spiro atoms. The SMILES string of the molecule is CC(=O)Nc1nc2c(s1)C[C@H]1[C@](C)(CO)[C@H](O)CC[C@@]1(C)[C@@H]2CC(=O)NCCN(C)C. The van der Waals surface area contributed by atoms with Crippen LogP contribution in [0.3, 0.4) is 0 Å². The van der Waals surface area contributed by atoms with E-state index in [1.807, 2.05) is 25.9 Å². The third-order valence-electron chi connectivity index (χ3n) is 7.45. The summed E-state index contributed by atoms with van der Waals surface area (Å²) in [6.45, 7) is 6.82. The average molecular weight is 453 g/mol. The number of hydrogen-bond donors (Lipinski definition) is 4. The largest absolute Gasteiger partial charge is 0.396 e. The van der Waals surface area contributed by atoms with Crippen LogP contribution < -0.4 is 10.6 Å². The number of likely N-dealkylation sites (N-methyl/N-ethyl adjacent to an activating group) is 1. The molecule has 0 saturated heterocycles. The number of carbonyl (C=O) groups excluding carboxylic acids is 2. The first kappa shape index (κ1) is 24.1. The van der Waals surface area contributed by atoms with Crippen molar-refractivity contribution in [3.63, 3.8) is 0 Å². The van der Waals surface area contributed by atoms with Gasteiger partial charge in [-0.3, -0.25) is 9.59 Å². The zero-order valence-electron chi connectivity index (χ0n) is 19.2. The van der Waals surface area contributed by atoms with E-state index in [4.69, 9.17) is 4.98 Å². The van der Waals surface area contributed by atoms with E-state index >= 15 is 0 Å². The molecule has 3 rings (SSSR count). The standard InChI is InChI=1S/C22H36N4O4S/c1-13(28)24-20-25-19-14(10-18(30)23-8-9-26(4)5)21(2)7-6-17(29)22(3,12-27)16(21)11-15(19)31-20/h14,16-17,27,29H,6-12H2,1-5H3,(H,23,30)(H,24,25,28)/t14-,16-,17-,21+,22+/m1/s1. The average Bonchev–Trinajstić information content (AvgIpc) is 3.07. The van der Waals surface area contributed by atoms with Crippen LogP contribution in [0.15, 0.2) is 0 Å². The third kappa shape index (κ3) is 4.65. The van der Waals surface area contributed by atoms with Crippen molar-refractivity contribution in [2.45, 2.75) is 58.5 Å². The Balaban J connectivity index is 1.96. The fraction of sp³-hybridized carbons (Fsp3) is 0.773. The number of amides is 2. The number of thiazole rings is 1. The normalized spacial score (nSPS) is 32.3. The molecule has 0 bridgehead atoms. The van der Waals surface area contributed by atoms with Crippen molar-refractivity contribution in [2.24, 2.45) is 16.7 Å². The Labute approximate surface area is 188 Å². The number of rotatable bonds is 7. The van der Waals surface area contributed by atoms with Crippen LogP contribution in [0.5, 0.6) is 0 Å². The molecule has 1 fully saturated rings. The van der Waals surface area contributed by atoms with Crippen LogP contribution in [0.25, 0.3) is 0 Å². The van der Waals surface area contributed by atoms with E-state index in [0.717, 1.165) is 23.5 Å². The molecule has 31 heavy (non-hydrogen) atoms. The van der Waals surface area contributed by atoms with Crippen LogP contribution in [0.1, 0.15) is 56.5 Å². The summed E-state index contributed by atoms with van der Waals surface area (Å²) in [6, 6.07) is 0. The maximum absolute atomic E-state index is 12.9. The second-order valence-electron chi connectivity index (χ2n) is 9.90. The van der Waals surface area contributed by atoms with Crippen molar-refractivity contribution in [1.29, 1.82) is 0 Å². The van der Waals surface area contributed by atoms with E-state index in [1.165, 1.54) is 18.3 Å². The Kier molecular flexibility index (Phi) is 7.10. The summed E-state index contributed by atoms with van der Waals surface area (Å²) in [6.07, 6.45) is 1.73. The summed E-state index contributed by atoms with van der Waals surface area (Å²) in [5.74, 6) is -0.335. The minimum Gasteiger partial charge on any atom is -0.396 e. The van der Waals surface area contributed by atoms with Gasteiger partial charge in [-0.15, -0.1) is 11.3 Å². The molecule has 8 nitrogen and oxygen atoms in total. The smallest absolute Gasteiger partial charge is 0.223 e. The van der Waals surface area contributed by atoms with E-state index < -0.39 is 11.5 Å². The molecule has 2 aliphatic carbocycles. The lowest BCUT2D eigenvalue weighted by molar-refractivity contribution is -0.144. The number of fused-ring (bicyclic) bond motifs is 2. The van der Waals surface area contributed by atoms with Crippen LogP contribution in [0, 0.1) is 16.7 Å². The molecule has 4 N–H and O–H groups in total. The molecular weight excluding hydrogens is 416 g/mol. The van der Waals surface area contributed by atoms with Crippen molar-refractivity contribution in [3.05, 3.63) is 10.6 Å². The van der Waals surface area contributed by atoms with Crippen LogP contribution >= 0.6 is 11.3 Å². The first-order chi connectivity index (χ1) is 14.5. The third-order valence-corrected chi connectivity index (χ3v) is 8.46. The molecule has 2 aliphatic rings. The minimum absolute atomic E-state index is 0.00598. The van der Waals surface area contributed by atoms with E-state index in [2.05, 4.69) is 17.6 Å². The fourth-order valence-corrected chi connectivity index (χ4v) is 6.64. The molecule has 1 aromatic heterocycles. The molecule has 0 unspecified atom stereocenters. The monoisotopic (exact) mass is 452 g/mol. The Morgan fingerprint density at radius 1 is 1.32 bits per heavy atom. The Hall–Kier alpha value is -1.55. The topological polar surface area (TPSA) is 115 Å².